The lowest BCUT2D eigenvalue weighted by Crippen LogP contribution is -2.48. The SMILES string of the molecule is CC(C)(C)NC(=O)C(=O)NCCC(O)c1ccc2c(c1)OCO2. The Morgan fingerprint density at radius 2 is 1.91 bits per heavy atom. The minimum absolute atomic E-state index is 0.174. The molecule has 1 heterocycles. The van der Waals surface area contributed by atoms with Gasteiger partial charge in [0.25, 0.3) is 0 Å². The number of aliphatic hydroxyl groups excluding tert-OH is 1. The molecule has 0 fully saturated rings. The van der Waals surface area contributed by atoms with Crippen LogP contribution in [0.3, 0.4) is 0 Å². The summed E-state index contributed by atoms with van der Waals surface area (Å²) in [6, 6.07) is 5.18. The predicted octanol–water partition coefficient (Wildman–Crippen LogP) is 0.870. The Bertz CT molecular complexity index is 595. The first-order valence-corrected chi connectivity index (χ1v) is 7.44. The van der Waals surface area contributed by atoms with Crippen molar-refractivity contribution in [3.05, 3.63) is 23.8 Å². The molecule has 0 radical (unpaired) electrons. The zero-order valence-corrected chi connectivity index (χ0v) is 13.5. The van der Waals surface area contributed by atoms with E-state index in [0.29, 0.717) is 17.1 Å². The Kier molecular flexibility index (Phi) is 5.10. The number of ether oxygens (including phenoxy) is 2. The van der Waals surface area contributed by atoms with Crippen molar-refractivity contribution in [2.24, 2.45) is 0 Å². The second-order valence-electron chi connectivity index (χ2n) is 6.38. The summed E-state index contributed by atoms with van der Waals surface area (Å²) in [5.41, 5.74) is 0.197. The van der Waals surface area contributed by atoms with Gasteiger partial charge in [-0.2, -0.15) is 0 Å². The Balaban J connectivity index is 1.79. The van der Waals surface area contributed by atoms with Gasteiger partial charge in [0.05, 0.1) is 6.10 Å². The number of hydrogen-bond donors (Lipinski definition) is 3. The summed E-state index contributed by atoms with van der Waals surface area (Å²) in [5.74, 6) is -0.156. The van der Waals surface area contributed by atoms with E-state index in [0.717, 1.165) is 0 Å². The van der Waals surface area contributed by atoms with Gasteiger partial charge in [-0.15, -0.1) is 0 Å². The highest BCUT2D eigenvalue weighted by atomic mass is 16.7. The molecule has 0 bridgehead atoms. The zero-order chi connectivity index (χ0) is 17.0. The van der Waals surface area contributed by atoms with Gasteiger partial charge in [0, 0.05) is 12.1 Å². The van der Waals surface area contributed by atoms with Gasteiger partial charge in [-0.3, -0.25) is 9.59 Å². The second kappa shape index (κ2) is 6.87. The van der Waals surface area contributed by atoms with Crippen LogP contribution in [-0.2, 0) is 9.59 Å². The van der Waals surface area contributed by atoms with E-state index in [-0.39, 0.29) is 19.8 Å². The lowest BCUT2D eigenvalue weighted by Gasteiger charge is -2.20. The maximum Gasteiger partial charge on any atom is 0.309 e. The van der Waals surface area contributed by atoms with Crippen LogP contribution >= 0.6 is 0 Å². The number of carbonyl (C=O) groups excluding carboxylic acids is 2. The molecule has 1 aromatic carbocycles. The van der Waals surface area contributed by atoms with Crippen molar-refractivity contribution in [3.8, 4) is 11.5 Å². The van der Waals surface area contributed by atoms with E-state index >= 15 is 0 Å². The molecule has 0 spiro atoms. The fourth-order valence-corrected chi connectivity index (χ4v) is 2.09. The zero-order valence-electron chi connectivity index (χ0n) is 13.5. The number of carbonyl (C=O) groups is 2. The van der Waals surface area contributed by atoms with Crippen molar-refractivity contribution >= 4 is 11.8 Å². The Hall–Kier alpha value is -2.28. The molecule has 3 N–H and O–H groups in total. The highest BCUT2D eigenvalue weighted by molar-refractivity contribution is 6.35. The Morgan fingerprint density at radius 1 is 1.22 bits per heavy atom. The smallest absolute Gasteiger partial charge is 0.309 e. The maximum atomic E-state index is 11.7. The molecule has 1 aromatic rings. The van der Waals surface area contributed by atoms with Gasteiger partial charge < -0.3 is 25.2 Å². The molecule has 126 valence electrons. The fourth-order valence-electron chi connectivity index (χ4n) is 2.09. The van der Waals surface area contributed by atoms with Crippen LogP contribution in [0, 0.1) is 0 Å². The fraction of sp³-hybridized carbons (Fsp3) is 0.500. The van der Waals surface area contributed by atoms with Gasteiger partial charge in [-0.05, 0) is 44.9 Å². The Morgan fingerprint density at radius 3 is 2.61 bits per heavy atom. The first-order valence-electron chi connectivity index (χ1n) is 7.44. The van der Waals surface area contributed by atoms with Gasteiger partial charge in [0.15, 0.2) is 11.5 Å². The van der Waals surface area contributed by atoms with Crippen molar-refractivity contribution in [1.29, 1.82) is 0 Å². The predicted molar refractivity (Wildman–Crippen MR) is 83.0 cm³/mol. The second-order valence-corrected chi connectivity index (χ2v) is 6.38. The summed E-state index contributed by atoms with van der Waals surface area (Å²) in [6.07, 6.45) is -0.482. The molecule has 7 heteroatoms. The largest absolute Gasteiger partial charge is 0.454 e. The van der Waals surface area contributed by atoms with E-state index in [1.54, 1.807) is 39.0 Å². The molecule has 1 atom stereocenters. The van der Waals surface area contributed by atoms with Gasteiger partial charge >= 0.3 is 11.8 Å². The third kappa shape index (κ3) is 4.85. The van der Waals surface area contributed by atoms with E-state index in [2.05, 4.69) is 10.6 Å². The summed E-state index contributed by atoms with van der Waals surface area (Å²) >= 11 is 0. The topological polar surface area (TPSA) is 96.9 Å². The molecule has 0 saturated heterocycles. The highest BCUT2D eigenvalue weighted by Crippen LogP contribution is 2.34. The number of amides is 2. The lowest BCUT2D eigenvalue weighted by molar-refractivity contribution is -0.140. The number of benzene rings is 1. The molecule has 1 aliphatic rings. The first kappa shape index (κ1) is 17.1. The molecule has 7 nitrogen and oxygen atoms in total. The summed E-state index contributed by atoms with van der Waals surface area (Å²) in [7, 11) is 0. The van der Waals surface area contributed by atoms with Crippen LogP contribution in [0.25, 0.3) is 0 Å². The molecule has 0 saturated carbocycles. The number of nitrogens with one attached hydrogen (secondary N) is 2. The number of aliphatic hydroxyl groups is 1. The van der Waals surface area contributed by atoms with E-state index in [1.165, 1.54) is 0 Å². The van der Waals surface area contributed by atoms with Crippen LogP contribution in [0.5, 0.6) is 11.5 Å². The first-order chi connectivity index (χ1) is 10.8. The minimum atomic E-state index is -0.768. The molecule has 1 aliphatic heterocycles. The molecular formula is C16H22N2O5. The normalized spacial score (nSPS) is 14.3. The summed E-state index contributed by atoms with van der Waals surface area (Å²) in [5, 5.41) is 15.2. The molecule has 2 rings (SSSR count). The summed E-state index contributed by atoms with van der Waals surface area (Å²) < 4.78 is 10.5. The van der Waals surface area contributed by atoms with Crippen molar-refractivity contribution < 1.29 is 24.2 Å². The maximum absolute atomic E-state index is 11.7. The molecule has 1 unspecified atom stereocenters. The molecular weight excluding hydrogens is 300 g/mol. The summed E-state index contributed by atoms with van der Waals surface area (Å²) in [6.45, 7) is 5.74. The standard InChI is InChI=1S/C16H22N2O5/c1-16(2,3)18-15(21)14(20)17-7-6-11(19)10-4-5-12-13(8-10)23-9-22-12/h4-5,8,11,19H,6-7,9H2,1-3H3,(H,17,20)(H,18,21). The van der Waals surface area contributed by atoms with Crippen LogP contribution in [0.15, 0.2) is 18.2 Å². The number of rotatable bonds is 4. The van der Waals surface area contributed by atoms with Gasteiger partial charge in [0.1, 0.15) is 0 Å². The number of fused-ring (bicyclic) bond motifs is 1. The van der Waals surface area contributed by atoms with Crippen molar-refractivity contribution in [3.63, 3.8) is 0 Å². The average molecular weight is 322 g/mol. The number of hydrogen-bond acceptors (Lipinski definition) is 5. The monoisotopic (exact) mass is 322 g/mol. The van der Waals surface area contributed by atoms with Crippen LogP contribution in [-0.4, -0.2) is 35.8 Å². The van der Waals surface area contributed by atoms with E-state index in [1.807, 2.05) is 0 Å². The van der Waals surface area contributed by atoms with Gasteiger partial charge in [-0.25, -0.2) is 0 Å². The van der Waals surface area contributed by atoms with Crippen LogP contribution < -0.4 is 20.1 Å². The summed E-state index contributed by atoms with van der Waals surface area (Å²) in [4.78, 5) is 23.3. The third-order valence-electron chi connectivity index (χ3n) is 3.18. The van der Waals surface area contributed by atoms with Crippen LogP contribution in [0.4, 0.5) is 0 Å². The molecule has 23 heavy (non-hydrogen) atoms. The van der Waals surface area contributed by atoms with Crippen molar-refractivity contribution in [2.75, 3.05) is 13.3 Å². The van der Waals surface area contributed by atoms with E-state index < -0.39 is 23.5 Å². The average Bonchev–Trinajstić information content (AvgIpc) is 2.92. The van der Waals surface area contributed by atoms with Crippen LogP contribution in [0.1, 0.15) is 38.9 Å². The van der Waals surface area contributed by atoms with E-state index in [9.17, 15) is 14.7 Å². The van der Waals surface area contributed by atoms with Gasteiger partial charge in [-0.1, -0.05) is 6.07 Å². The minimum Gasteiger partial charge on any atom is -0.454 e. The highest BCUT2D eigenvalue weighted by Gasteiger charge is 2.20. The van der Waals surface area contributed by atoms with Crippen LogP contribution in [0.2, 0.25) is 0 Å². The molecule has 0 aromatic heterocycles. The molecule has 0 aliphatic carbocycles. The van der Waals surface area contributed by atoms with Crippen molar-refractivity contribution in [2.45, 2.75) is 38.8 Å². The molecule has 2 amide bonds. The third-order valence-corrected chi connectivity index (χ3v) is 3.18. The van der Waals surface area contributed by atoms with Gasteiger partial charge in [0.2, 0.25) is 6.79 Å². The van der Waals surface area contributed by atoms with Crippen molar-refractivity contribution in [1.82, 2.24) is 10.6 Å². The lowest BCUT2D eigenvalue weighted by atomic mass is 10.1. The quantitative estimate of drug-likeness (QED) is 0.715. The Labute approximate surface area is 135 Å². The van der Waals surface area contributed by atoms with E-state index in [4.69, 9.17) is 9.47 Å².